The van der Waals surface area contributed by atoms with Crippen molar-refractivity contribution < 1.29 is 37.1 Å². The molecule has 0 saturated heterocycles. The second-order valence-electron chi connectivity index (χ2n) is 8.66. The molecule has 1 aromatic heterocycles. The Kier molecular flexibility index (Phi) is 7.52. The van der Waals surface area contributed by atoms with Crippen LogP contribution in [-0.4, -0.2) is 22.6 Å². The molecule has 0 bridgehead atoms. The van der Waals surface area contributed by atoms with Gasteiger partial charge in [-0.15, -0.1) is 13.2 Å². The van der Waals surface area contributed by atoms with E-state index in [1.165, 1.54) is 18.2 Å². The van der Waals surface area contributed by atoms with E-state index in [2.05, 4.69) is 9.89 Å². The van der Waals surface area contributed by atoms with E-state index in [0.717, 1.165) is 11.1 Å². The highest BCUT2D eigenvalue weighted by molar-refractivity contribution is 5.72. The monoisotopic (exact) mass is 511 g/mol. The van der Waals surface area contributed by atoms with Crippen molar-refractivity contribution in [3.05, 3.63) is 89.7 Å². The number of alkyl halides is 3. The van der Waals surface area contributed by atoms with Gasteiger partial charge in [0, 0.05) is 11.5 Å². The van der Waals surface area contributed by atoms with E-state index in [-0.39, 0.29) is 36.0 Å². The standard InChI is InChI=1S/C28H24F3NO5/c1-17(2)27-23(26(32-37-27)22-8-3-4-9-24(22)36-28(29,30)31)16-35-21-12-10-19(11-13-21)20-7-5-6-18(14-20)15-25(33)34/h3-14,17H,15-16H2,1-2H3,(H,33,34). The number of carboxylic acids is 1. The maximum absolute atomic E-state index is 13.0. The minimum Gasteiger partial charge on any atom is -0.489 e. The maximum Gasteiger partial charge on any atom is 0.573 e. The van der Waals surface area contributed by atoms with Gasteiger partial charge in [-0.3, -0.25) is 4.79 Å². The van der Waals surface area contributed by atoms with Crippen molar-refractivity contribution in [1.29, 1.82) is 0 Å². The summed E-state index contributed by atoms with van der Waals surface area (Å²) in [6.45, 7) is 3.79. The van der Waals surface area contributed by atoms with Crippen LogP contribution in [0.3, 0.4) is 0 Å². The summed E-state index contributed by atoms with van der Waals surface area (Å²) in [6, 6.07) is 20.3. The zero-order valence-corrected chi connectivity index (χ0v) is 20.1. The van der Waals surface area contributed by atoms with Crippen molar-refractivity contribution in [2.24, 2.45) is 0 Å². The van der Waals surface area contributed by atoms with Gasteiger partial charge in [-0.25, -0.2) is 0 Å². The van der Waals surface area contributed by atoms with Crippen LogP contribution in [0, 0.1) is 0 Å². The fraction of sp³-hybridized carbons (Fsp3) is 0.214. The maximum atomic E-state index is 13.0. The van der Waals surface area contributed by atoms with E-state index >= 15 is 0 Å². The van der Waals surface area contributed by atoms with Gasteiger partial charge in [0.2, 0.25) is 0 Å². The molecule has 0 aliphatic heterocycles. The third-order valence-corrected chi connectivity index (χ3v) is 5.56. The first-order chi connectivity index (χ1) is 17.6. The molecule has 0 fully saturated rings. The van der Waals surface area contributed by atoms with E-state index in [9.17, 15) is 18.0 Å². The summed E-state index contributed by atoms with van der Waals surface area (Å²) in [7, 11) is 0. The first-order valence-corrected chi connectivity index (χ1v) is 11.5. The fourth-order valence-corrected chi connectivity index (χ4v) is 3.94. The van der Waals surface area contributed by atoms with Crippen LogP contribution >= 0.6 is 0 Å². The number of hydrogen-bond donors (Lipinski definition) is 1. The third-order valence-electron chi connectivity index (χ3n) is 5.56. The van der Waals surface area contributed by atoms with Crippen molar-refractivity contribution in [2.45, 2.75) is 39.2 Å². The van der Waals surface area contributed by atoms with E-state index < -0.39 is 12.3 Å². The van der Waals surface area contributed by atoms with E-state index in [4.69, 9.17) is 14.4 Å². The zero-order valence-electron chi connectivity index (χ0n) is 20.1. The summed E-state index contributed by atoms with van der Waals surface area (Å²) in [6.07, 6.45) is -4.92. The van der Waals surface area contributed by atoms with Crippen LogP contribution in [0.15, 0.2) is 77.3 Å². The average molecular weight is 511 g/mol. The number of hydrogen-bond acceptors (Lipinski definition) is 5. The van der Waals surface area contributed by atoms with E-state index in [1.807, 2.05) is 38.1 Å². The van der Waals surface area contributed by atoms with Crippen LogP contribution in [0.1, 0.15) is 36.7 Å². The Morgan fingerprint density at radius 1 is 1.00 bits per heavy atom. The number of rotatable bonds is 9. The molecule has 0 amide bonds. The molecule has 9 heteroatoms. The van der Waals surface area contributed by atoms with Crippen molar-refractivity contribution >= 4 is 5.97 Å². The van der Waals surface area contributed by atoms with Gasteiger partial charge in [0.1, 0.15) is 29.6 Å². The molecule has 0 radical (unpaired) electrons. The molecule has 0 saturated carbocycles. The lowest BCUT2D eigenvalue weighted by atomic mass is 10.0. The molecule has 4 aromatic rings. The van der Waals surface area contributed by atoms with Gasteiger partial charge in [-0.1, -0.05) is 67.5 Å². The minimum absolute atomic E-state index is 0.0140. The number of para-hydroxylation sites is 1. The van der Waals surface area contributed by atoms with E-state index in [1.54, 1.807) is 30.3 Å². The zero-order chi connectivity index (χ0) is 26.6. The normalized spacial score (nSPS) is 11.5. The molecule has 6 nitrogen and oxygen atoms in total. The van der Waals surface area contributed by atoms with Crippen LogP contribution in [-0.2, 0) is 17.8 Å². The lowest BCUT2D eigenvalue weighted by Gasteiger charge is -2.13. The number of halogens is 3. The van der Waals surface area contributed by atoms with Gasteiger partial charge >= 0.3 is 12.3 Å². The molecule has 37 heavy (non-hydrogen) atoms. The van der Waals surface area contributed by atoms with Crippen molar-refractivity contribution in [2.75, 3.05) is 0 Å². The summed E-state index contributed by atoms with van der Waals surface area (Å²) < 4.78 is 54.5. The lowest BCUT2D eigenvalue weighted by Crippen LogP contribution is -2.17. The second-order valence-corrected chi connectivity index (χ2v) is 8.66. The molecule has 1 heterocycles. The number of carboxylic acid groups (broad SMARTS) is 1. The molecule has 0 aliphatic carbocycles. The number of benzene rings is 3. The number of aliphatic carboxylic acids is 1. The Labute approximate surface area is 211 Å². The van der Waals surface area contributed by atoms with Gasteiger partial charge in [-0.05, 0) is 41.0 Å². The molecule has 0 spiro atoms. The minimum atomic E-state index is -4.85. The van der Waals surface area contributed by atoms with Crippen molar-refractivity contribution in [1.82, 2.24) is 5.16 Å². The Bertz CT molecular complexity index is 1380. The van der Waals surface area contributed by atoms with Crippen LogP contribution < -0.4 is 9.47 Å². The Balaban J connectivity index is 1.57. The predicted molar refractivity (Wildman–Crippen MR) is 130 cm³/mol. The summed E-state index contributed by atoms with van der Waals surface area (Å²) in [5.74, 6) is -0.330. The summed E-state index contributed by atoms with van der Waals surface area (Å²) in [5, 5.41) is 13.1. The van der Waals surface area contributed by atoms with Crippen LogP contribution in [0.5, 0.6) is 11.5 Å². The summed E-state index contributed by atoms with van der Waals surface area (Å²) in [5.41, 5.74) is 3.34. The van der Waals surface area contributed by atoms with Gasteiger partial charge in [0.05, 0.1) is 12.0 Å². The third kappa shape index (κ3) is 6.49. The molecule has 0 atom stereocenters. The van der Waals surface area contributed by atoms with Crippen LogP contribution in [0.4, 0.5) is 13.2 Å². The van der Waals surface area contributed by atoms with Gasteiger partial charge in [0.15, 0.2) is 0 Å². The lowest BCUT2D eigenvalue weighted by molar-refractivity contribution is -0.274. The first-order valence-electron chi connectivity index (χ1n) is 11.5. The van der Waals surface area contributed by atoms with Crippen LogP contribution in [0.25, 0.3) is 22.4 Å². The second kappa shape index (κ2) is 10.8. The first kappa shape index (κ1) is 25.8. The molecule has 0 unspecified atom stereocenters. The highest BCUT2D eigenvalue weighted by atomic mass is 19.4. The Morgan fingerprint density at radius 3 is 2.41 bits per heavy atom. The Hall–Kier alpha value is -4.27. The Morgan fingerprint density at radius 2 is 1.73 bits per heavy atom. The molecular formula is C28H24F3NO5. The molecule has 0 aliphatic rings. The largest absolute Gasteiger partial charge is 0.573 e. The number of ether oxygens (including phenoxy) is 2. The highest BCUT2D eigenvalue weighted by Crippen LogP contribution is 2.38. The SMILES string of the molecule is CC(C)c1onc(-c2ccccc2OC(F)(F)F)c1COc1ccc(-c2cccc(CC(=O)O)c2)cc1. The number of carbonyl (C=O) groups is 1. The van der Waals surface area contributed by atoms with Crippen LogP contribution in [0.2, 0.25) is 0 Å². The summed E-state index contributed by atoms with van der Waals surface area (Å²) in [4.78, 5) is 11.0. The van der Waals surface area contributed by atoms with Gasteiger partial charge < -0.3 is 19.1 Å². The van der Waals surface area contributed by atoms with Crippen molar-refractivity contribution in [3.8, 4) is 33.9 Å². The van der Waals surface area contributed by atoms with E-state index in [0.29, 0.717) is 22.6 Å². The quantitative estimate of drug-likeness (QED) is 0.255. The predicted octanol–water partition coefficient (Wildman–Crippen LogP) is 7.24. The van der Waals surface area contributed by atoms with Gasteiger partial charge in [0.25, 0.3) is 0 Å². The number of nitrogens with zero attached hydrogens (tertiary/aromatic N) is 1. The molecular weight excluding hydrogens is 487 g/mol. The molecule has 3 aromatic carbocycles. The molecule has 1 N–H and O–H groups in total. The average Bonchev–Trinajstić information content (AvgIpc) is 3.26. The topological polar surface area (TPSA) is 81.8 Å². The molecule has 192 valence electrons. The van der Waals surface area contributed by atoms with Gasteiger partial charge in [-0.2, -0.15) is 0 Å². The smallest absolute Gasteiger partial charge is 0.489 e. The highest BCUT2D eigenvalue weighted by Gasteiger charge is 2.33. The number of aromatic nitrogens is 1. The molecule has 4 rings (SSSR count). The summed E-state index contributed by atoms with van der Waals surface area (Å²) >= 11 is 0. The van der Waals surface area contributed by atoms with Crippen molar-refractivity contribution in [3.63, 3.8) is 0 Å². The fourth-order valence-electron chi connectivity index (χ4n) is 3.94.